The van der Waals surface area contributed by atoms with Gasteiger partial charge in [-0.25, -0.2) is 0 Å². The lowest BCUT2D eigenvalue weighted by molar-refractivity contribution is -0.132. The van der Waals surface area contributed by atoms with Crippen molar-refractivity contribution in [3.8, 4) is 5.75 Å². The van der Waals surface area contributed by atoms with E-state index in [1.165, 1.54) is 17.0 Å². The summed E-state index contributed by atoms with van der Waals surface area (Å²) in [6.45, 7) is 2.01. The third-order valence-electron chi connectivity index (χ3n) is 5.45. The molecule has 1 aliphatic heterocycles. The molecule has 0 aliphatic carbocycles. The predicted octanol–water partition coefficient (Wildman–Crippen LogP) is 5.89. The summed E-state index contributed by atoms with van der Waals surface area (Å²) in [6, 6.07) is 17.1. The Morgan fingerprint density at radius 2 is 1.72 bits per heavy atom. The van der Waals surface area contributed by atoms with Crippen LogP contribution in [0.2, 0.25) is 10.0 Å². The fraction of sp³-hybridized carbons (Fsp3) is 0.120. The number of phenolic OH excluding ortho intramolecular Hbond substituents is 1. The SMILES string of the molecule is CCc1ccc(/C(O)=C2/C(=O)C(=O)N(c3cccc(Cl)c3)C2c2ccc(O)c(Cl)c2)cc1. The largest absolute Gasteiger partial charge is 0.507 e. The third kappa shape index (κ3) is 3.85. The van der Waals surface area contributed by atoms with Gasteiger partial charge in [0.05, 0.1) is 16.6 Å². The van der Waals surface area contributed by atoms with E-state index in [9.17, 15) is 19.8 Å². The Hall–Kier alpha value is -3.28. The van der Waals surface area contributed by atoms with Crippen LogP contribution in [0.3, 0.4) is 0 Å². The number of aliphatic hydroxyl groups excluding tert-OH is 1. The number of benzene rings is 3. The highest BCUT2D eigenvalue weighted by Gasteiger charge is 2.47. The van der Waals surface area contributed by atoms with E-state index in [2.05, 4.69) is 0 Å². The molecule has 1 saturated heterocycles. The molecule has 0 bridgehead atoms. The van der Waals surface area contributed by atoms with Crippen LogP contribution in [0, 0.1) is 0 Å². The number of carbonyl (C=O) groups excluding carboxylic acids is 2. The van der Waals surface area contributed by atoms with Crippen LogP contribution in [-0.4, -0.2) is 21.9 Å². The molecule has 0 saturated carbocycles. The molecule has 1 heterocycles. The van der Waals surface area contributed by atoms with Gasteiger partial charge in [0.25, 0.3) is 11.7 Å². The van der Waals surface area contributed by atoms with Crippen molar-refractivity contribution < 1.29 is 19.8 Å². The molecule has 3 aromatic rings. The minimum atomic E-state index is -0.961. The number of aromatic hydroxyl groups is 1. The molecule has 1 unspecified atom stereocenters. The molecule has 7 heteroatoms. The maximum absolute atomic E-state index is 13.1. The van der Waals surface area contributed by atoms with E-state index in [1.54, 1.807) is 42.5 Å². The number of carbonyl (C=O) groups is 2. The highest BCUT2D eigenvalue weighted by Crippen LogP contribution is 2.43. The highest BCUT2D eigenvalue weighted by atomic mass is 35.5. The van der Waals surface area contributed by atoms with Gasteiger partial charge >= 0.3 is 0 Å². The molecule has 162 valence electrons. The standard InChI is InChI=1S/C25H19Cl2NO4/c1-2-14-6-8-15(9-7-14)23(30)21-22(16-10-11-20(29)19(27)12-16)28(25(32)24(21)31)18-5-3-4-17(26)13-18/h3-13,22,29-30H,2H2,1H3/b23-21-. The summed E-state index contributed by atoms with van der Waals surface area (Å²) in [5.41, 5.74) is 2.28. The molecule has 2 N–H and O–H groups in total. The number of rotatable bonds is 4. The van der Waals surface area contributed by atoms with Gasteiger partial charge < -0.3 is 10.2 Å². The second-order valence-corrected chi connectivity index (χ2v) is 8.25. The molecular formula is C25H19Cl2NO4. The van der Waals surface area contributed by atoms with E-state index in [1.807, 2.05) is 19.1 Å². The van der Waals surface area contributed by atoms with Gasteiger partial charge in [-0.15, -0.1) is 0 Å². The Labute approximate surface area is 195 Å². The number of amides is 1. The van der Waals surface area contributed by atoms with Gasteiger partial charge in [0, 0.05) is 16.3 Å². The molecule has 0 radical (unpaired) electrons. The Morgan fingerprint density at radius 1 is 1.00 bits per heavy atom. The van der Waals surface area contributed by atoms with Crippen molar-refractivity contribution >= 4 is 46.3 Å². The fourth-order valence-corrected chi connectivity index (χ4v) is 4.16. The molecule has 1 atom stereocenters. The number of halogens is 2. The molecular weight excluding hydrogens is 449 g/mol. The molecule has 4 rings (SSSR count). The minimum Gasteiger partial charge on any atom is -0.507 e. The van der Waals surface area contributed by atoms with E-state index < -0.39 is 17.7 Å². The molecule has 32 heavy (non-hydrogen) atoms. The zero-order chi connectivity index (χ0) is 23.0. The second-order valence-electron chi connectivity index (χ2n) is 7.41. The van der Waals surface area contributed by atoms with Crippen LogP contribution in [0.5, 0.6) is 5.75 Å². The smallest absolute Gasteiger partial charge is 0.300 e. The van der Waals surface area contributed by atoms with Gasteiger partial charge in [-0.3, -0.25) is 14.5 Å². The maximum Gasteiger partial charge on any atom is 0.300 e. The normalized spacial score (nSPS) is 17.7. The first-order chi connectivity index (χ1) is 15.3. The third-order valence-corrected chi connectivity index (χ3v) is 5.99. The molecule has 0 spiro atoms. The first-order valence-corrected chi connectivity index (χ1v) is 10.7. The van der Waals surface area contributed by atoms with Gasteiger partial charge in [-0.2, -0.15) is 0 Å². The number of aliphatic hydroxyl groups is 1. The van der Waals surface area contributed by atoms with Crippen molar-refractivity contribution in [2.75, 3.05) is 4.90 Å². The van der Waals surface area contributed by atoms with Crippen LogP contribution < -0.4 is 4.90 Å². The summed E-state index contributed by atoms with van der Waals surface area (Å²) in [5, 5.41) is 21.4. The minimum absolute atomic E-state index is 0.0616. The summed E-state index contributed by atoms with van der Waals surface area (Å²) in [4.78, 5) is 27.5. The van der Waals surface area contributed by atoms with Crippen molar-refractivity contribution in [2.24, 2.45) is 0 Å². The van der Waals surface area contributed by atoms with E-state index >= 15 is 0 Å². The van der Waals surface area contributed by atoms with Gasteiger partial charge in [0.15, 0.2) is 0 Å². The Morgan fingerprint density at radius 3 is 2.34 bits per heavy atom. The highest BCUT2D eigenvalue weighted by molar-refractivity contribution is 6.52. The predicted molar refractivity (Wildman–Crippen MR) is 125 cm³/mol. The van der Waals surface area contributed by atoms with Crippen LogP contribution >= 0.6 is 23.2 Å². The van der Waals surface area contributed by atoms with E-state index in [0.717, 1.165) is 12.0 Å². The van der Waals surface area contributed by atoms with E-state index in [-0.39, 0.29) is 22.1 Å². The number of hydrogen-bond donors (Lipinski definition) is 2. The van der Waals surface area contributed by atoms with Gasteiger partial charge in [-0.1, -0.05) is 66.5 Å². The number of phenols is 1. The monoisotopic (exact) mass is 467 g/mol. The summed E-state index contributed by atoms with van der Waals surface area (Å²) >= 11 is 12.3. The summed E-state index contributed by atoms with van der Waals surface area (Å²) in [5.74, 6) is -2.04. The van der Waals surface area contributed by atoms with Gasteiger partial charge in [0.1, 0.15) is 11.5 Å². The quantitative estimate of drug-likeness (QED) is 0.285. The van der Waals surface area contributed by atoms with E-state index in [0.29, 0.717) is 21.8 Å². The maximum atomic E-state index is 13.1. The molecule has 3 aromatic carbocycles. The first-order valence-electron chi connectivity index (χ1n) is 9.96. The van der Waals surface area contributed by atoms with E-state index in [4.69, 9.17) is 23.2 Å². The number of hydrogen-bond acceptors (Lipinski definition) is 4. The fourth-order valence-electron chi connectivity index (χ4n) is 3.79. The van der Waals surface area contributed by atoms with Crippen molar-refractivity contribution in [3.05, 3.63) is 99.0 Å². The zero-order valence-electron chi connectivity index (χ0n) is 17.0. The number of anilines is 1. The number of Topliss-reactive ketones (excluding diaryl/α,β-unsaturated/α-hetero) is 1. The Balaban J connectivity index is 1.95. The molecule has 1 aliphatic rings. The zero-order valence-corrected chi connectivity index (χ0v) is 18.6. The summed E-state index contributed by atoms with van der Waals surface area (Å²) in [7, 11) is 0. The van der Waals surface area contributed by atoms with Crippen molar-refractivity contribution in [3.63, 3.8) is 0 Å². The van der Waals surface area contributed by atoms with Crippen molar-refractivity contribution in [1.82, 2.24) is 0 Å². The number of nitrogens with zero attached hydrogens (tertiary/aromatic N) is 1. The van der Waals surface area contributed by atoms with Crippen molar-refractivity contribution in [1.29, 1.82) is 0 Å². The Kier molecular flexibility index (Phi) is 5.96. The van der Waals surface area contributed by atoms with Gasteiger partial charge in [-0.05, 0) is 47.9 Å². The van der Waals surface area contributed by atoms with Crippen LogP contribution in [0.15, 0.2) is 72.3 Å². The lowest BCUT2D eigenvalue weighted by Gasteiger charge is -2.25. The van der Waals surface area contributed by atoms with Crippen LogP contribution in [-0.2, 0) is 16.0 Å². The summed E-state index contributed by atoms with van der Waals surface area (Å²) < 4.78 is 0. The Bertz CT molecular complexity index is 1250. The first kappa shape index (κ1) is 21.9. The molecule has 0 aromatic heterocycles. The lowest BCUT2D eigenvalue weighted by atomic mass is 9.94. The molecule has 1 amide bonds. The van der Waals surface area contributed by atoms with Crippen LogP contribution in [0.25, 0.3) is 5.76 Å². The van der Waals surface area contributed by atoms with Crippen LogP contribution in [0.4, 0.5) is 5.69 Å². The number of aryl methyl sites for hydroxylation is 1. The average molecular weight is 468 g/mol. The average Bonchev–Trinajstić information content (AvgIpc) is 3.06. The van der Waals surface area contributed by atoms with Gasteiger partial charge in [0.2, 0.25) is 0 Å². The number of ketones is 1. The topological polar surface area (TPSA) is 77.8 Å². The molecule has 1 fully saturated rings. The summed E-state index contributed by atoms with van der Waals surface area (Å²) in [6.07, 6.45) is 0.826. The van der Waals surface area contributed by atoms with Crippen molar-refractivity contribution in [2.45, 2.75) is 19.4 Å². The van der Waals surface area contributed by atoms with Crippen LogP contribution in [0.1, 0.15) is 29.7 Å². The lowest BCUT2D eigenvalue weighted by Crippen LogP contribution is -2.29. The second kappa shape index (κ2) is 8.69. The molecule has 5 nitrogen and oxygen atoms in total.